The third kappa shape index (κ3) is 4.21. The van der Waals surface area contributed by atoms with Crippen molar-refractivity contribution in [2.75, 3.05) is 13.1 Å². The van der Waals surface area contributed by atoms with Crippen LogP contribution in [0.5, 0.6) is 0 Å². The van der Waals surface area contributed by atoms with Crippen LogP contribution in [0, 0.1) is 11.8 Å². The Labute approximate surface area is 120 Å². The van der Waals surface area contributed by atoms with E-state index in [-0.39, 0.29) is 5.91 Å². The normalized spacial score (nSPS) is 9.74. The number of rotatable bonds is 4. The van der Waals surface area contributed by atoms with Crippen molar-refractivity contribution < 1.29 is 4.79 Å². The van der Waals surface area contributed by atoms with E-state index in [1.807, 2.05) is 11.4 Å². The van der Waals surface area contributed by atoms with E-state index in [1.165, 1.54) is 16.9 Å². The lowest BCUT2D eigenvalue weighted by Crippen LogP contribution is -2.24. The second-order valence-corrected chi connectivity index (χ2v) is 5.67. The molecule has 5 heteroatoms. The molecule has 19 heavy (non-hydrogen) atoms. The van der Waals surface area contributed by atoms with Crippen molar-refractivity contribution >= 4 is 28.6 Å². The summed E-state index contributed by atoms with van der Waals surface area (Å²) >= 11 is 3.06. The molecule has 3 N–H and O–H groups in total. The minimum atomic E-state index is -0.0407. The number of nitrogens with two attached hydrogens (primary N) is 1. The van der Waals surface area contributed by atoms with E-state index >= 15 is 0 Å². The summed E-state index contributed by atoms with van der Waals surface area (Å²) < 4.78 is 0. The van der Waals surface area contributed by atoms with E-state index in [0.717, 1.165) is 11.3 Å². The number of carbonyl (C=O) groups is 1. The Bertz CT molecular complexity index is 590. The van der Waals surface area contributed by atoms with Crippen LogP contribution in [0.1, 0.15) is 20.1 Å². The SMILES string of the molecule is NCC#Cc1ccc(C(=O)NCCc2ccsc2)s1. The van der Waals surface area contributed by atoms with Crippen LogP contribution in [0.4, 0.5) is 0 Å². The minimum Gasteiger partial charge on any atom is -0.351 e. The van der Waals surface area contributed by atoms with Gasteiger partial charge in [0.25, 0.3) is 5.91 Å². The molecule has 0 fully saturated rings. The Kier molecular flexibility index (Phi) is 5.16. The first-order valence-corrected chi connectivity index (χ1v) is 7.63. The summed E-state index contributed by atoms with van der Waals surface area (Å²) in [6.07, 6.45) is 0.862. The average Bonchev–Trinajstić information content (AvgIpc) is 3.07. The van der Waals surface area contributed by atoms with Crippen molar-refractivity contribution in [1.29, 1.82) is 0 Å². The van der Waals surface area contributed by atoms with Crippen LogP contribution in [0.3, 0.4) is 0 Å². The monoisotopic (exact) mass is 290 g/mol. The number of hydrogen-bond donors (Lipinski definition) is 2. The van der Waals surface area contributed by atoms with Crippen molar-refractivity contribution in [3.63, 3.8) is 0 Å². The van der Waals surface area contributed by atoms with Crippen LogP contribution in [-0.4, -0.2) is 19.0 Å². The summed E-state index contributed by atoms with van der Waals surface area (Å²) in [6.45, 7) is 0.983. The van der Waals surface area contributed by atoms with Gasteiger partial charge in [-0.3, -0.25) is 4.79 Å². The van der Waals surface area contributed by atoms with Gasteiger partial charge in [0.05, 0.1) is 16.3 Å². The molecular formula is C14H14N2OS2. The quantitative estimate of drug-likeness (QED) is 0.847. The van der Waals surface area contributed by atoms with Gasteiger partial charge in [-0.2, -0.15) is 11.3 Å². The lowest BCUT2D eigenvalue weighted by molar-refractivity contribution is 0.0958. The molecule has 0 atom stereocenters. The largest absolute Gasteiger partial charge is 0.351 e. The smallest absolute Gasteiger partial charge is 0.261 e. The van der Waals surface area contributed by atoms with Crippen LogP contribution in [-0.2, 0) is 6.42 Å². The molecule has 2 aromatic heterocycles. The lowest BCUT2D eigenvalue weighted by atomic mass is 10.2. The second kappa shape index (κ2) is 7.10. The molecule has 0 bridgehead atoms. The predicted octanol–water partition coefficient (Wildman–Crippen LogP) is 2.09. The Morgan fingerprint density at radius 3 is 3.00 bits per heavy atom. The van der Waals surface area contributed by atoms with Crippen LogP contribution in [0.2, 0.25) is 0 Å². The molecule has 2 heterocycles. The summed E-state index contributed by atoms with van der Waals surface area (Å²) in [5, 5.41) is 7.05. The van der Waals surface area contributed by atoms with Crippen LogP contribution >= 0.6 is 22.7 Å². The molecule has 0 spiro atoms. The molecule has 3 nitrogen and oxygen atoms in total. The highest BCUT2D eigenvalue weighted by Gasteiger charge is 2.07. The molecule has 0 saturated heterocycles. The third-order valence-electron chi connectivity index (χ3n) is 2.42. The summed E-state index contributed by atoms with van der Waals surface area (Å²) in [4.78, 5) is 13.4. The van der Waals surface area contributed by atoms with Crippen molar-refractivity contribution in [2.24, 2.45) is 5.73 Å². The fourth-order valence-electron chi connectivity index (χ4n) is 1.51. The van der Waals surface area contributed by atoms with Gasteiger partial charge in [-0.1, -0.05) is 11.8 Å². The van der Waals surface area contributed by atoms with Gasteiger partial charge >= 0.3 is 0 Å². The Morgan fingerprint density at radius 1 is 1.37 bits per heavy atom. The molecule has 2 aromatic rings. The number of thiophene rings is 2. The van der Waals surface area contributed by atoms with Gasteiger partial charge < -0.3 is 11.1 Å². The highest BCUT2D eigenvalue weighted by molar-refractivity contribution is 7.14. The minimum absolute atomic E-state index is 0.0407. The van der Waals surface area contributed by atoms with Gasteiger partial charge in [0.1, 0.15) is 0 Å². The summed E-state index contributed by atoms with van der Waals surface area (Å²) in [6, 6.07) is 5.72. The standard InChI is InChI=1S/C14H14N2OS2/c15-7-1-2-12-3-4-13(19-12)14(17)16-8-5-11-6-9-18-10-11/h3-4,6,9-10H,5,7-8,15H2,(H,16,17). The summed E-state index contributed by atoms with van der Waals surface area (Å²) in [7, 11) is 0. The average molecular weight is 290 g/mol. The van der Waals surface area contributed by atoms with E-state index in [2.05, 4.69) is 28.6 Å². The zero-order valence-corrected chi connectivity index (χ0v) is 11.9. The molecule has 0 aliphatic heterocycles. The molecule has 98 valence electrons. The first-order chi connectivity index (χ1) is 9.29. The van der Waals surface area contributed by atoms with Gasteiger partial charge in [0.2, 0.25) is 0 Å². The van der Waals surface area contributed by atoms with Crippen LogP contribution in [0.25, 0.3) is 0 Å². The van der Waals surface area contributed by atoms with E-state index < -0.39 is 0 Å². The zero-order chi connectivity index (χ0) is 13.5. The fourth-order valence-corrected chi connectivity index (χ4v) is 3.01. The first kappa shape index (κ1) is 13.8. The number of nitrogens with one attached hydrogen (secondary N) is 1. The van der Waals surface area contributed by atoms with E-state index in [0.29, 0.717) is 18.0 Å². The third-order valence-corrected chi connectivity index (χ3v) is 4.15. The van der Waals surface area contributed by atoms with Gasteiger partial charge in [-0.15, -0.1) is 11.3 Å². The van der Waals surface area contributed by atoms with Gasteiger partial charge in [-0.05, 0) is 40.9 Å². The molecule has 0 aliphatic rings. The number of hydrogen-bond acceptors (Lipinski definition) is 4. The maximum Gasteiger partial charge on any atom is 0.261 e. The number of amides is 1. The van der Waals surface area contributed by atoms with E-state index in [1.54, 1.807) is 17.4 Å². The molecule has 0 aliphatic carbocycles. The highest BCUT2D eigenvalue weighted by Crippen LogP contribution is 2.15. The van der Waals surface area contributed by atoms with Crippen molar-refractivity contribution in [3.05, 3.63) is 44.3 Å². The lowest BCUT2D eigenvalue weighted by Gasteiger charge is -2.01. The van der Waals surface area contributed by atoms with Crippen molar-refractivity contribution in [2.45, 2.75) is 6.42 Å². The molecule has 0 aromatic carbocycles. The van der Waals surface area contributed by atoms with Gasteiger partial charge in [0.15, 0.2) is 0 Å². The fraction of sp³-hybridized carbons (Fsp3) is 0.214. The first-order valence-electron chi connectivity index (χ1n) is 5.87. The summed E-state index contributed by atoms with van der Waals surface area (Å²) in [5.41, 5.74) is 6.56. The Hall–Kier alpha value is -1.61. The second-order valence-electron chi connectivity index (χ2n) is 3.81. The number of carbonyl (C=O) groups excluding carboxylic acids is 1. The van der Waals surface area contributed by atoms with Crippen molar-refractivity contribution in [1.82, 2.24) is 5.32 Å². The molecule has 0 radical (unpaired) electrons. The van der Waals surface area contributed by atoms with Gasteiger partial charge in [-0.25, -0.2) is 0 Å². The van der Waals surface area contributed by atoms with Crippen LogP contribution < -0.4 is 11.1 Å². The predicted molar refractivity (Wildman–Crippen MR) is 80.6 cm³/mol. The Balaban J connectivity index is 1.84. The van der Waals surface area contributed by atoms with E-state index in [4.69, 9.17) is 5.73 Å². The molecular weight excluding hydrogens is 276 g/mol. The molecule has 2 rings (SSSR count). The summed E-state index contributed by atoms with van der Waals surface area (Å²) in [5.74, 6) is 5.66. The van der Waals surface area contributed by atoms with E-state index in [9.17, 15) is 4.79 Å². The zero-order valence-electron chi connectivity index (χ0n) is 10.3. The molecule has 0 saturated carbocycles. The van der Waals surface area contributed by atoms with Gasteiger partial charge in [0, 0.05) is 6.54 Å². The highest BCUT2D eigenvalue weighted by atomic mass is 32.1. The maximum absolute atomic E-state index is 11.9. The maximum atomic E-state index is 11.9. The molecule has 0 unspecified atom stereocenters. The molecule has 1 amide bonds. The topological polar surface area (TPSA) is 55.1 Å². The van der Waals surface area contributed by atoms with Crippen molar-refractivity contribution in [3.8, 4) is 11.8 Å². The van der Waals surface area contributed by atoms with Crippen LogP contribution in [0.15, 0.2) is 29.0 Å². The Morgan fingerprint density at radius 2 is 2.26 bits per heavy atom.